The van der Waals surface area contributed by atoms with E-state index in [0.717, 1.165) is 31.8 Å². The zero-order valence-electron chi connectivity index (χ0n) is 12.7. The molecule has 4 heteroatoms. The minimum atomic E-state index is 0.729. The predicted molar refractivity (Wildman–Crippen MR) is 79.6 cm³/mol. The van der Waals surface area contributed by atoms with Crippen LogP contribution in [0.4, 0.5) is 0 Å². The van der Waals surface area contributed by atoms with Gasteiger partial charge in [-0.15, -0.1) is 0 Å². The van der Waals surface area contributed by atoms with Gasteiger partial charge in [0.15, 0.2) is 0 Å². The van der Waals surface area contributed by atoms with Gasteiger partial charge in [-0.2, -0.15) is 0 Å². The Hall–Kier alpha value is -0.160. The monoisotopic (exact) mass is 269 g/mol. The average Bonchev–Trinajstić information content (AvgIpc) is 3.17. The quantitative estimate of drug-likeness (QED) is 0.570. The van der Waals surface area contributed by atoms with Crippen molar-refractivity contribution in [2.75, 3.05) is 53.0 Å². The molecule has 1 saturated heterocycles. The number of hydrogen-bond acceptors (Lipinski definition) is 4. The summed E-state index contributed by atoms with van der Waals surface area (Å²) in [6.45, 7) is 10.3. The molecule has 0 bridgehead atoms. The van der Waals surface area contributed by atoms with Gasteiger partial charge in [0.05, 0.1) is 19.3 Å². The molecule has 1 aliphatic heterocycles. The van der Waals surface area contributed by atoms with E-state index in [1.54, 1.807) is 0 Å². The Kier molecular flexibility index (Phi) is 6.57. The van der Waals surface area contributed by atoms with Gasteiger partial charge >= 0.3 is 0 Å². The lowest BCUT2D eigenvalue weighted by Crippen LogP contribution is -2.50. The van der Waals surface area contributed by atoms with Crippen molar-refractivity contribution in [3.05, 3.63) is 0 Å². The van der Waals surface area contributed by atoms with Crippen molar-refractivity contribution < 1.29 is 4.74 Å². The average molecular weight is 269 g/mol. The third-order valence-corrected chi connectivity index (χ3v) is 4.34. The van der Waals surface area contributed by atoms with Gasteiger partial charge in [0.2, 0.25) is 0 Å². The molecule has 0 aromatic carbocycles. The second-order valence-corrected chi connectivity index (χ2v) is 5.91. The third kappa shape index (κ3) is 5.03. The Bertz CT molecular complexity index is 242. The highest BCUT2D eigenvalue weighted by Gasteiger charge is 2.36. The summed E-state index contributed by atoms with van der Waals surface area (Å²) in [6.07, 6.45) is 5.39. The molecule has 2 aliphatic rings. The molecular formula is C15H31N3O. The van der Waals surface area contributed by atoms with Crippen LogP contribution in [0.1, 0.15) is 32.6 Å². The standard InChI is InChI=1S/C15H31N3O/c1-3-17(9-4-8-16-2)10-5-11-18(14-6-7-14)15-12-19-13-15/h14-16H,3-13H2,1-2H3. The normalized spacial score (nSPS) is 20.2. The van der Waals surface area contributed by atoms with E-state index in [2.05, 4.69) is 22.0 Å². The lowest BCUT2D eigenvalue weighted by atomic mass is 10.2. The highest BCUT2D eigenvalue weighted by Crippen LogP contribution is 2.30. The maximum absolute atomic E-state index is 5.35. The van der Waals surface area contributed by atoms with E-state index < -0.39 is 0 Å². The molecule has 2 rings (SSSR count). The summed E-state index contributed by atoms with van der Waals surface area (Å²) in [7, 11) is 2.03. The SMILES string of the molecule is CCN(CCCNC)CCCN(C1CC1)C1COC1. The Balaban J connectivity index is 1.59. The molecule has 1 saturated carbocycles. The van der Waals surface area contributed by atoms with Gasteiger partial charge in [0, 0.05) is 12.6 Å². The Morgan fingerprint density at radius 3 is 2.32 bits per heavy atom. The van der Waals surface area contributed by atoms with Crippen LogP contribution in [0, 0.1) is 0 Å². The topological polar surface area (TPSA) is 27.7 Å². The molecule has 19 heavy (non-hydrogen) atoms. The minimum Gasteiger partial charge on any atom is -0.378 e. The number of nitrogens with zero attached hydrogens (tertiary/aromatic N) is 2. The summed E-state index contributed by atoms with van der Waals surface area (Å²) >= 11 is 0. The van der Waals surface area contributed by atoms with Crippen molar-refractivity contribution in [2.24, 2.45) is 0 Å². The molecule has 0 atom stereocenters. The molecule has 1 N–H and O–H groups in total. The van der Waals surface area contributed by atoms with Crippen molar-refractivity contribution in [3.8, 4) is 0 Å². The lowest BCUT2D eigenvalue weighted by Gasteiger charge is -2.38. The van der Waals surface area contributed by atoms with Gasteiger partial charge in [-0.05, 0) is 58.9 Å². The second-order valence-electron chi connectivity index (χ2n) is 5.91. The lowest BCUT2D eigenvalue weighted by molar-refractivity contribution is -0.0687. The van der Waals surface area contributed by atoms with Crippen LogP contribution in [0.5, 0.6) is 0 Å². The van der Waals surface area contributed by atoms with Crippen LogP contribution in [0.25, 0.3) is 0 Å². The van der Waals surface area contributed by atoms with E-state index in [9.17, 15) is 0 Å². The Morgan fingerprint density at radius 2 is 1.79 bits per heavy atom. The van der Waals surface area contributed by atoms with Crippen molar-refractivity contribution in [1.29, 1.82) is 0 Å². The van der Waals surface area contributed by atoms with Crippen molar-refractivity contribution in [2.45, 2.75) is 44.7 Å². The number of rotatable bonds is 11. The summed E-state index contributed by atoms with van der Waals surface area (Å²) in [4.78, 5) is 5.30. The number of hydrogen-bond donors (Lipinski definition) is 1. The molecule has 0 aromatic rings. The summed E-state index contributed by atoms with van der Waals surface area (Å²) < 4.78 is 5.35. The van der Waals surface area contributed by atoms with Gasteiger partial charge in [-0.1, -0.05) is 6.92 Å². The zero-order valence-corrected chi connectivity index (χ0v) is 12.7. The van der Waals surface area contributed by atoms with E-state index in [-0.39, 0.29) is 0 Å². The molecule has 0 radical (unpaired) electrons. The molecule has 112 valence electrons. The van der Waals surface area contributed by atoms with Gasteiger partial charge < -0.3 is 15.0 Å². The molecule has 0 spiro atoms. The van der Waals surface area contributed by atoms with Crippen molar-refractivity contribution in [3.63, 3.8) is 0 Å². The number of nitrogens with one attached hydrogen (secondary N) is 1. The molecule has 4 nitrogen and oxygen atoms in total. The maximum atomic E-state index is 5.35. The summed E-state index contributed by atoms with van der Waals surface area (Å²) in [6, 6.07) is 1.61. The van der Waals surface area contributed by atoms with Crippen LogP contribution in [-0.4, -0.2) is 74.9 Å². The zero-order chi connectivity index (χ0) is 13.5. The highest BCUT2D eigenvalue weighted by atomic mass is 16.5. The molecule has 0 unspecified atom stereocenters. The first-order valence-corrected chi connectivity index (χ1v) is 8.05. The molecule has 1 aliphatic carbocycles. The fraction of sp³-hybridized carbons (Fsp3) is 1.00. The van der Waals surface area contributed by atoms with Crippen molar-refractivity contribution in [1.82, 2.24) is 15.1 Å². The summed E-state index contributed by atoms with van der Waals surface area (Å²) in [5.41, 5.74) is 0. The van der Waals surface area contributed by atoms with E-state index in [0.29, 0.717) is 0 Å². The fourth-order valence-electron chi connectivity index (χ4n) is 2.87. The molecule has 0 aromatic heterocycles. The first-order valence-electron chi connectivity index (χ1n) is 8.05. The van der Waals surface area contributed by atoms with Crippen LogP contribution in [-0.2, 0) is 4.74 Å². The maximum Gasteiger partial charge on any atom is 0.0645 e. The molecule has 2 fully saturated rings. The summed E-state index contributed by atoms with van der Waals surface area (Å²) in [5.74, 6) is 0. The van der Waals surface area contributed by atoms with E-state index in [1.165, 1.54) is 51.9 Å². The van der Waals surface area contributed by atoms with Crippen LogP contribution >= 0.6 is 0 Å². The minimum absolute atomic E-state index is 0.729. The second kappa shape index (κ2) is 8.20. The Labute approximate surface area is 118 Å². The van der Waals surface area contributed by atoms with Crippen LogP contribution in [0.2, 0.25) is 0 Å². The van der Waals surface area contributed by atoms with Crippen LogP contribution < -0.4 is 5.32 Å². The third-order valence-electron chi connectivity index (χ3n) is 4.34. The molecular weight excluding hydrogens is 238 g/mol. The largest absolute Gasteiger partial charge is 0.378 e. The number of ether oxygens (including phenoxy) is 1. The van der Waals surface area contributed by atoms with Gasteiger partial charge in [-0.3, -0.25) is 4.90 Å². The van der Waals surface area contributed by atoms with E-state index >= 15 is 0 Å². The molecule has 0 amide bonds. The first kappa shape index (κ1) is 15.2. The fourth-order valence-corrected chi connectivity index (χ4v) is 2.87. The van der Waals surface area contributed by atoms with Crippen molar-refractivity contribution >= 4 is 0 Å². The van der Waals surface area contributed by atoms with Crippen LogP contribution in [0.3, 0.4) is 0 Å². The van der Waals surface area contributed by atoms with E-state index in [4.69, 9.17) is 4.74 Å². The molecule has 1 heterocycles. The summed E-state index contributed by atoms with van der Waals surface area (Å²) in [5, 5.41) is 3.23. The Morgan fingerprint density at radius 1 is 1.05 bits per heavy atom. The predicted octanol–water partition coefficient (Wildman–Crippen LogP) is 1.17. The highest BCUT2D eigenvalue weighted by molar-refractivity contribution is 4.91. The first-order chi connectivity index (χ1) is 9.35. The smallest absolute Gasteiger partial charge is 0.0645 e. The van der Waals surface area contributed by atoms with Gasteiger partial charge in [-0.25, -0.2) is 0 Å². The van der Waals surface area contributed by atoms with Gasteiger partial charge in [0.1, 0.15) is 0 Å². The van der Waals surface area contributed by atoms with Gasteiger partial charge in [0.25, 0.3) is 0 Å². The van der Waals surface area contributed by atoms with E-state index in [1.807, 2.05) is 7.05 Å². The van der Waals surface area contributed by atoms with Crippen LogP contribution in [0.15, 0.2) is 0 Å².